The lowest BCUT2D eigenvalue weighted by Crippen LogP contribution is -2.50. The van der Waals surface area contributed by atoms with Crippen LogP contribution >= 0.6 is 12.4 Å². The van der Waals surface area contributed by atoms with Gasteiger partial charge in [0.1, 0.15) is 0 Å². The molecule has 1 atom stereocenters. The molecule has 132 valence electrons. The van der Waals surface area contributed by atoms with E-state index in [1.807, 2.05) is 36.1 Å². The third kappa shape index (κ3) is 4.48. The zero-order valence-electron chi connectivity index (χ0n) is 14.1. The number of piperidine rings is 1. The molecule has 24 heavy (non-hydrogen) atoms. The molecule has 2 N–H and O–H groups in total. The van der Waals surface area contributed by atoms with Gasteiger partial charge in [-0.2, -0.15) is 0 Å². The maximum Gasteiger partial charge on any atom is 0.253 e. The predicted molar refractivity (Wildman–Crippen MR) is 96.5 cm³/mol. The Kier molecular flexibility index (Phi) is 6.63. The van der Waals surface area contributed by atoms with Crippen LogP contribution in [0.25, 0.3) is 0 Å². The Bertz CT molecular complexity index is 562. The first-order chi connectivity index (χ1) is 11.1. The van der Waals surface area contributed by atoms with Gasteiger partial charge in [-0.1, -0.05) is 17.7 Å². The number of carbonyl (C=O) groups is 2. The van der Waals surface area contributed by atoms with Crippen molar-refractivity contribution in [2.24, 2.45) is 0 Å². The van der Waals surface area contributed by atoms with Crippen molar-refractivity contribution < 1.29 is 9.59 Å². The fourth-order valence-corrected chi connectivity index (χ4v) is 3.32. The number of hydrogen-bond acceptors (Lipinski definition) is 3. The second kappa shape index (κ2) is 8.49. The average Bonchev–Trinajstić information content (AvgIpc) is 3.10. The summed E-state index contributed by atoms with van der Waals surface area (Å²) in [5.74, 6) is 0.207. The monoisotopic (exact) mass is 351 g/mol. The SMILES string of the molecule is Cc1ccc(C(=O)N2CCC(NC(=O)C3CCCN3)CC2)cc1.Cl. The number of rotatable bonds is 3. The minimum Gasteiger partial charge on any atom is -0.352 e. The summed E-state index contributed by atoms with van der Waals surface area (Å²) in [5, 5.41) is 6.35. The van der Waals surface area contributed by atoms with Crippen LogP contribution in [0.15, 0.2) is 24.3 Å². The summed E-state index contributed by atoms with van der Waals surface area (Å²) in [4.78, 5) is 26.5. The molecule has 0 bridgehead atoms. The van der Waals surface area contributed by atoms with Gasteiger partial charge < -0.3 is 15.5 Å². The summed E-state index contributed by atoms with van der Waals surface area (Å²) in [7, 11) is 0. The molecule has 0 radical (unpaired) electrons. The van der Waals surface area contributed by atoms with Crippen molar-refractivity contribution in [3.05, 3.63) is 35.4 Å². The second-order valence-corrected chi connectivity index (χ2v) is 6.59. The average molecular weight is 352 g/mol. The number of hydrogen-bond donors (Lipinski definition) is 2. The van der Waals surface area contributed by atoms with E-state index in [0.29, 0.717) is 13.1 Å². The van der Waals surface area contributed by atoms with Crippen molar-refractivity contribution >= 4 is 24.2 Å². The Hall–Kier alpha value is -1.59. The summed E-state index contributed by atoms with van der Waals surface area (Å²) in [5.41, 5.74) is 1.90. The van der Waals surface area contributed by atoms with Gasteiger partial charge in [0.2, 0.25) is 5.91 Å². The molecule has 3 rings (SSSR count). The molecule has 0 aromatic heterocycles. The molecule has 2 saturated heterocycles. The summed E-state index contributed by atoms with van der Waals surface area (Å²) in [6.45, 7) is 4.36. The molecule has 0 aliphatic carbocycles. The lowest BCUT2D eigenvalue weighted by atomic mass is 10.0. The Balaban J connectivity index is 0.00000208. The maximum absolute atomic E-state index is 12.5. The van der Waals surface area contributed by atoms with Crippen molar-refractivity contribution in [3.8, 4) is 0 Å². The van der Waals surface area contributed by atoms with Gasteiger partial charge in [-0.05, 0) is 51.3 Å². The van der Waals surface area contributed by atoms with E-state index in [2.05, 4.69) is 10.6 Å². The molecule has 6 heteroatoms. The highest BCUT2D eigenvalue weighted by Gasteiger charge is 2.28. The molecule has 2 fully saturated rings. The van der Waals surface area contributed by atoms with Crippen molar-refractivity contribution in [1.29, 1.82) is 0 Å². The van der Waals surface area contributed by atoms with Crippen molar-refractivity contribution in [2.75, 3.05) is 19.6 Å². The van der Waals surface area contributed by atoms with E-state index < -0.39 is 0 Å². The van der Waals surface area contributed by atoms with Crippen molar-refractivity contribution in [1.82, 2.24) is 15.5 Å². The molecule has 2 amide bonds. The number of nitrogens with zero attached hydrogens (tertiary/aromatic N) is 1. The molecule has 1 aromatic carbocycles. The molecule has 2 aliphatic heterocycles. The van der Waals surface area contributed by atoms with Crippen LogP contribution in [0.3, 0.4) is 0 Å². The van der Waals surface area contributed by atoms with Crippen LogP contribution in [-0.4, -0.2) is 48.4 Å². The number of benzene rings is 1. The van der Waals surface area contributed by atoms with E-state index in [1.165, 1.54) is 0 Å². The van der Waals surface area contributed by atoms with Crippen LogP contribution in [0.1, 0.15) is 41.6 Å². The van der Waals surface area contributed by atoms with Gasteiger partial charge in [-0.15, -0.1) is 12.4 Å². The van der Waals surface area contributed by atoms with E-state index in [0.717, 1.165) is 43.4 Å². The molecule has 2 aliphatic rings. The highest BCUT2D eigenvalue weighted by Crippen LogP contribution is 2.15. The molecular weight excluding hydrogens is 326 g/mol. The lowest BCUT2D eigenvalue weighted by molar-refractivity contribution is -0.123. The molecule has 0 spiro atoms. The van der Waals surface area contributed by atoms with Gasteiger partial charge >= 0.3 is 0 Å². The summed E-state index contributed by atoms with van der Waals surface area (Å²) < 4.78 is 0. The first-order valence-electron chi connectivity index (χ1n) is 8.53. The first-order valence-corrected chi connectivity index (χ1v) is 8.53. The zero-order chi connectivity index (χ0) is 16.2. The third-order valence-corrected chi connectivity index (χ3v) is 4.80. The standard InChI is InChI=1S/C18H25N3O2.ClH/c1-13-4-6-14(7-5-13)18(23)21-11-8-15(9-12-21)20-17(22)16-3-2-10-19-16;/h4-7,15-16,19H,2-3,8-12H2,1H3,(H,20,22);1H. The van der Waals surface area contributed by atoms with Crippen LogP contribution in [0.5, 0.6) is 0 Å². The van der Waals surface area contributed by atoms with Gasteiger partial charge in [-0.3, -0.25) is 9.59 Å². The highest BCUT2D eigenvalue weighted by atomic mass is 35.5. The smallest absolute Gasteiger partial charge is 0.253 e. The normalized spacial score (nSPS) is 21.2. The van der Waals surface area contributed by atoms with Gasteiger partial charge in [0, 0.05) is 24.7 Å². The fourth-order valence-electron chi connectivity index (χ4n) is 3.32. The first kappa shape index (κ1) is 18.7. The van der Waals surface area contributed by atoms with Crippen LogP contribution in [-0.2, 0) is 4.79 Å². The molecule has 2 heterocycles. The number of aryl methyl sites for hydroxylation is 1. The summed E-state index contributed by atoms with van der Waals surface area (Å²) >= 11 is 0. The minimum absolute atomic E-state index is 0. The van der Waals surface area contributed by atoms with Gasteiger partial charge in [0.15, 0.2) is 0 Å². The second-order valence-electron chi connectivity index (χ2n) is 6.59. The summed E-state index contributed by atoms with van der Waals surface area (Å²) in [6.07, 6.45) is 3.66. The molecular formula is C18H26ClN3O2. The number of nitrogens with one attached hydrogen (secondary N) is 2. The topological polar surface area (TPSA) is 61.4 Å². The van der Waals surface area contributed by atoms with Gasteiger partial charge in [0.25, 0.3) is 5.91 Å². The van der Waals surface area contributed by atoms with Crippen molar-refractivity contribution in [2.45, 2.75) is 44.7 Å². The van der Waals surface area contributed by atoms with E-state index in [1.54, 1.807) is 0 Å². The molecule has 1 aromatic rings. The fraction of sp³-hybridized carbons (Fsp3) is 0.556. The largest absolute Gasteiger partial charge is 0.352 e. The predicted octanol–water partition coefficient (Wildman–Crippen LogP) is 1.89. The minimum atomic E-state index is -0.0257. The van der Waals surface area contributed by atoms with E-state index >= 15 is 0 Å². The number of carbonyl (C=O) groups excluding carboxylic acids is 2. The Morgan fingerprint density at radius 2 is 1.79 bits per heavy atom. The molecule has 5 nitrogen and oxygen atoms in total. The summed E-state index contributed by atoms with van der Waals surface area (Å²) in [6, 6.07) is 7.87. The van der Waals surface area contributed by atoms with Crippen molar-refractivity contribution in [3.63, 3.8) is 0 Å². The van der Waals surface area contributed by atoms with E-state index in [-0.39, 0.29) is 36.3 Å². The van der Waals surface area contributed by atoms with Gasteiger partial charge in [-0.25, -0.2) is 0 Å². The number of likely N-dealkylation sites (tertiary alicyclic amines) is 1. The Morgan fingerprint density at radius 1 is 1.12 bits per heavy atom. The van der Waals surface area contributed by atoms with Crippen LogP contribution in [0.4, 0.5) is 0 Å². The van der Waals surface area contributed by atoms with Crippen LogP contribution in [0.2, 0.25) is 0 Å². The third-order valence-electron chi connectivity index (χ3n) is 4.80. The van der Waals surface area contributed by atoms with E-state index in [4.69, 9.17) is 0 Å². The quantitative estimate of drug-likeness (QED) is 0.874. The molecule has 1 unspecified atom stereocenters. The lowest BCUT2D eigenvalue weighted by Gasteiger charge is -2.33. The van der Waals surface area contributed by atoms with Crippen LogP contribution < -0.4 is 10.6 Å². The zero-order valence-corrected chi connectivity index (χ0v) is 14.9. The highest BCUT2D eigenvalue weighted by molar-refractivity contribution is 5.94. The number of halogens is 1. The van der Waals surface area contributed by atoms with Gasteiger partial charge in [0.05, 0.1) is 6.04 Å². The maximum atomic E-state index is 12.5. The van der Waals surface area contributed by atoms with Crippen LogP contribution in [0, 0.1) is 6.92 Å². The van der Waals surface area contributed by atoms with E-state index in [9.17, 15) is 9.59 Å². The number of amides is 2. The Labute approximate surface area is 149 Å². The Morgan fingerprint density at radius 3 is 2.38 bits per heavy atom. The molecule has 0 saturated carbocycles.